The van der Waals surface area contributed by atoms with Crippen LogP contribution in [0.3, 0.4) is 0 Å². The lowest BCUT2D eigenvalue weighted by atomic mass is 10.1. The zero-order valence-corrected chi connectivity index (χ0v) is 14.0. The molecule has 0 fully saturated rings. The van der Waals surface area contributed by atoms with E-state index in [1.807, 2.05) is 12.3 Å². The van der Waals surface area contributed by atoms with Gasteiger partial charge in [-0.25, -0.2) is 4.98 Å². The maximum absolute atomic E-state index is 12.5. The Hall–Kier alpha value is -2.81. The van der Waals surface area contributed by atoms with E-state index in [0.717, 1.165) is 5.69 Å². The molecule has 1 N–H and O–H groups in total. The van der Waals surface area contributed by atoms with E-state index in [-0.39, 0.29) is 23.7 Å². The van der Waals surface area contributed by atoms with Crippen LogP contribution >= 0.6 is 11.3 Å². The summed E-state index contributed by atoms with van der Waals surface area (Å²) in [6, 6.07) is 5.44. The van der Waals surface area contributed by atoms with Crippen molar-refractivity contribution in [2.75, 3.05) is 18.4 Å². The summed E-state index contributed by atoms with van der Waals surface area (Å²) >= 11 is 1.30. The molecule has 2 aromatic rings. The second kappa shape index (κ2) is 7.64. The smallest absolute Gasteiger partial charge is 0.270 e. The van der Waals surface area contributed by atoms with Crippen LogP contribution in [0.25, 0.3) is 0 Å². The van der Waals surface area contributed by atoms with Gasteiger partial charge in [-0.1, -0.05) is 6.07 Å². The molecule has 0 aliphatic rings. The highest BCUT2D eigenvalue weighted by Crippen LogP contribution is 2.16. The maximum Gasteiger partial charge on any atom is 0.270 e. The predicted molar refractivity (Wildman–Crippen MR) is 90.2 cm³/mol. The molecule has 2 rings (SSSR count). The van der Waals surface area contributed by atoms with Crippen LogP contribution in [-0.2, 0) is 4.79 Å². The maximum atomic E-state index is 12.5. The number of thiazole rings is 1. The van der Waals surface area contributed by atoms with Crippen LogP contribution in [0.4, 0.5) is 10.8 Å². The molecular weight excluding hydrogens is 332 g/mol. The Balaban J connectivity index is 2.07. The molecule has 9 heteroatoms. The Morgan fingerprint density at radius 1 is 1.42 bits per heavy atom. The van der Waals surface area contributed by atoms with Gasteiger partial charge in [0.1, 0.15) is 6.54 Å². The van der Waals surface area contributed by atoms with Crippen molar-refractivity contribution in [1.82, 2.24) is 9.88 Å². The summed E-state index contributed by atoms with van der Waals surface area (Å²) in [4.78, 5) is 40.2. The van der Waals surface area contributed by atoms with E-state index in [4.69, 9.17) is 0 Å². The second-order valence-electron chi connectivity index (χ2n) is 4.97. The topological polar surface area (TPSA) is 105 Å². The molecule has 0 bridgehead atoms. The molecule has 0 aliphatic carbocycles. The molecule has 8 nitrogen and oxygen atoms in total. The molecule has 0 saturated carbocycles. The number of aryl methyl sites for hydroxylation is 1. The molecule has 1 aromatic carbocycles. The fraction of sp³-hybridized carbons (Fsp3) is 0.267. The third kappa shape index (κ3) is 4.35. The van der Waals surface area contributed by atoms with Crippen molar-refractivity contribution < 1.29 is 14.5 Å². The van der Waals surface area contributed by atoms with Gasteiger partial charge in [-0.2, -0.15) is 0 Å². The van der Waals surface area contributed by atoms with Crippen LogP contribution in [0.5, 0.6) is 0 Å². The highest BCUT2D eigenvalue weighted by atomic mass is 32.1. The number of nitro groups is 1. The van der Waals surface area contributed by atoms with Crippen molar-refractivity contribution in [3.8, 4) is 0 Å². The van der Waals surface area contributed by atoms with E-state index in [2.05, 4.69) is 10.3 Å². The number of likely N-dealkylation sites (N-methyl/N-ethyl adjacent to an activating group) is 1. The summed E-state index contributed by atoms with van der Waals surface area (Å²) in [6.07, 6.45) is 0. The minimum absolute atomic E-state index is 0.156. The van der Waals surface area contributed by atoms with Gasteiger partial charge in [-0.3, -0.25) is 19.7 Å². The Kier molecular flexibility index (Phi) is 5.59. The molecular formula is C15H16N4O4S. The molecule has 0 saturated heterocycles. The van der Waals surface area contributed by atoms with Gasteiger partial charge in [-0.15, -0.1) is 11.3 Å². The number of non-ortho nitro benzene ring substituents is 1. The van der Waals surface area contributed by atoms with Gasteiger partial charge in [-0.05, 0) is 19.9 Å². The lowest BCUT2D eigenvalue weighted by molar-refractivity contribution is -0.384. The Morgan fingerprint density at radius 3 is 2.75 bits per heavy atom. The van der Waals surface area contributed by atoms with Crippen molar-refractivity contribution in [2.24, 2.45) is 0 Å². The molecule has 0 radical (unpaired) electrons. The van der Waals surface area contributed by atoms with Gasteiger partial charge >= 0.3 is 0 Å². The first kappa shape index (κ1) is 17.5. The van der Waals surface area contributed by atoms with Gasteiger partial charge < -0.3 is 10.2 Å². The van der Waals surface area contributed by atoms with Crippen LogP contribution in [0, 0.1) is 17.0 Å². The number of anilines is 1. The number of aromatic nitrogens is 1. The minimum Gasteiger partial charge on any atom is -0.330 e. The van der Waals surface area contributed by atoms with E-state index >= 15 is 0 Å². The van der Waals surface area contributed by atoms with E-state index in [1.54, 1.807) is 6.92 Å². The summed E-state index contributed by atoms with van der Waals surface area (Å²) in [7, 11) is 0. The van der Waals surface area contributed by atoms with Crippen molar-refractivity contribution in [3.05, 3.63) is 51.0 Å². The lowest BCUT2D eigenvalue weighted by Crippen LogP contribution is -2.37. The molecule has 126 valence electrons. The number of nitrogens with zero attached hydrogens (tertiary/aromatic N) is 3. The highest BCUT2D eigenvalue weighted by Gasteiger charge is 2.19. The monoisotopic (exact) mass is 348 g/mol. The number of hydrogen-bond acceptors (Lipinski definition) is 6. The largest absolute Gasteiger partial charge is 0.330 e. The quantitative estimate of drug-likeness (QED) is 0.637. The van der Waals surface area contributed by atoms with Crippen LogP contribution in [-0.4, -0.2) is 39.7 Å². The van der Waals surface area contributed by atoms with Crippen molar-refractivity contribution in [3.63, 3.8) is 0 Å². The third-order valence-electron chi connectivity index (χ3n) is 3.17. The number of rotatable bonds is 6. The predicted octanol–water partition coefficient (Wildman–Crippen LogP) is 2.46. The summed E-state index contributed by atoms with van der Waals surface area (Å²) < 4.78 is 0. The van der Waals surface area contributed by atoms with Crippen molar-refractivity contribution >= 4 is 34.0 Å². The Labute approximate surface area is 142 Å². The van der Waals surface area contributed by atoms with Crippen molar-refractivity contribution in [2.45, 2.75) is 13.8 Å². The first-order valence-electron chi connectivity index (χ1n) is 7.16. The number of amides is 2. The zero-order valence-electron chi connectivity index (χ0n) is 13.2. The average molecular weight is 348 g/mol. The summed E-state index contributed by atoms with van der Waals surface area (Å²) in [5.41, 5.74) is 0.805. The summed E-state index contributed by atoms with van der Waals surface area (Å²) in [6.45, 7) is 3.69. The normalized spacial score (nSPS) is 10.2. The van der Waals surface area contributed by atoms with E-state index < -0.39 is 10.8 Å². The van der Waals surface area contributed by atoms with Crippen molar-refractivity contribution in [1.29, 1.82) is 0 Å². The Morgan fingerprint density at radius 2 is 2.17 bits per heavy atom. The molecule has 0 atom stereocenters. The number of carbonyl (C=O) groups excluding carboxylic acids is 2. The van der Waals surface area contributed by atoms with Gasteiger partial charge in [0.25, 0.3) is 11.6 Å². The zero-order chi connectivity index (χ0) is 17.7. The molecule has 24 heavy (non-hydrogen) atoms. The fourth-order valence-electron chi connectivity index (χ4n) is 2.01. The minimum atomic E-state index is -0.565. The van der Waals surface area contributed by atoms with E-state index in [0.29, 0.717) is 11.7 Å². The average Bonchev–Trinajstić information content (AvgIpc) is 2.96. The molecule has 0 aliphatic heterocycles. The number of carbonyl (C=O) groups is 2. The summed E-state index contributed by atoms with van der Waals surface area (Å²) in [5, 5.41) is 15.7. The van der Waals surface area contributed by atoms with Crippen LogP contribution in [0.1, 0.15) is 23.0 Å². The second-order valence-corrected chi connectivity index (χ2v) is 5.83. The third-order valence-corrected chi connectivity index (χ3v) is 4.05. The van der Waals surface area contributed by atoms with E-state index in [1.165, 1.54) is 40.5 Å². The number of nitro benzene ring substituents is 1. The van der Waals surface area contributed by atoms with Gasteiger partial charge in [0.2, 0.25) is 5.91 Å². The molecule has 0 spiro atoms. The number of hydrogen-bond donors (Lipinski definition) is 1. The van der Waals surface area contributed by atoms with Gasteiger partial charge in [0.15, 0.2) is 5.13 Å². The Bertz CT molecular complexity index is 774. The first-order valence-corrected chi connectivity index (χ1v) is 8.04. The van der Waals surface area contributed by atoms with Crippen LogP contribution in [0.15, 0.2) is 29.6 Å². The molecule has 1 heterocycles. The summed E-state index contributed by atoms with van der Waals surface area (Å²) in [5.74, 6) is -0.809. The highest BCUT2D eigenvalue weighted by molar-refractivity contribution is 7.13. The lowest BCUT2D eigenvalue weighted by Gasteiger charge is -2.20. The standard InChI is InChI=1S/C15H16N4O4S/c1-3-18(8-13(20)17-15-16-10(2)9-24-15)14(21)11-5-4-6-12(7-11)19(22)23/h4-7,9H,3,8H2,1-2H3,(H,16,17,20). The number of nitrogens with one attached hydrogen (secondary N) is 1. The fourth-order valence-corrected chi connectivity index (χ4v) is 2.71. The number of benzene rings is 1. The van der Waals surface area contributed by atoms with Gasteiger partial charge in [0, 0.05) is 29.6 Å². The molecule has 0 unspecified atom stereocenters. The van der Waals surface area contributed by atoms with Gasteiger partial charge in [0.05, 0.1) is 10.6 Å². The molecule has 1 aromatic heterocycles. The molecule has 2 amide bonds. The van der Waals surface area contributed by atoms with Crippen LogP contribution in [0.2, 0.25) is 0 Å². The first-order chi connectivity index (χ1) is 11.4. The van der Waals surface area contributed by atoms with E-state index in [9.17, 15) is 19.7 Å². The SMILES string of the molecule is CCN(CC(=O)Nc1nc(C)cs1)C(=O)c1cccc([N+](=O)[O-])c1. The van der Waals surface area contributed by atoms with Crippen LogP contribution < -0.4 is 5.32 Å².